The normalized spacial score (nSPS) is 10.3. The van der Waals surface area contributed by atoms with Gasteiger partial charge in [0.05, 0.1) is 7.11 Å². The SMILES string of the molecule is COC(=O)CN(Cc1ccccc1)C(=O)c1cccc(NC(=O)NC(C)C)c1. The lowest BCUT2D eigenvalue weighted by atomic mass is 10.1. The van der Waals surface area contributed by atoms with E-state index in [0.717, 1.165) is 5.56 Å². The van der Waals surface area contributed by atoms with E-state index in [1.807, 2.05) is 44.2 Å². The molecule has 3 amide bonds. The van der Waals surface area contributed by atoms with Gasteiger partial charge in [-0.25, -0.2) is 4.79 Å². The van der Waals surface area contributed by atoms with Crippen molar-refractivity contribution in [1.29, 1.82) is 0 Å². The monoisotopic (exact) mass is 383 g/mol. The first-order valence-corrected chi connectivity index (χ1v) is 8.96. The fourth-order valence-corrected chi connectivity index (χ4v) is 2.57. The molecule has 0 saturated heterocycles. The van der Waals surface area contributed by atoms with Gasteiger partial charge < -0.3 is 20.3 Å². The summed E-state index contributed by atoms with van der Waals surface area (Å²) in [5, 5.41) is 5.42. The Labute approximate surface area is 164 Å². The van der Waals surface area contributed by atoms with Crippen LogP contribution in [-0.2, 0) is 16.1 Å². The lowest BCUT2D eigenvalue weighted by Gasteiger charge is -2.22. The maximum absolute atomic E-state index is 13.0. The first-order chi connectivity index (χ1) is 13.4. The van der Waals surface area contributed by atoms with Gasteiger partial charge in [0.15, 0.2) is 0 Å². The van der Waals surface area contributed by atoms with E-state index in [2.05, 4.69) is 10.6 Å². The summed E-state index contributed by atoms with van der Waals surface area (Å²) < 4.78 is 4.72. The number of methoxy groups -OCH3 is 1. The molecule has 2 aromatic carbocycles. The van der Waals surface area contributed by atoms with Crippen LogP contribution in [0.4, 0.5) is 10.5 Å². The minimum atomic E-state index is -0.505. The molecule has 0 spiro atoms. The number of carbonyl (C=O) groups excluding carboxylic acids is 3. The number of benzene rings is 2. The smallest absolute Gasteiger partial charge is 0.325 e. The van der Waals surface area contributed by atoms with Crippen molar-refractivity contribution in [2.45, 2.75) is 26.4 Å². The van der Waals surface area contributed by atoms with Crippen LogP contribution in [0.25, 0.3) is 0 Å². The van der Waals surface area contributed by atoms with E-state index in [1.54, 1.807) is 24.3 Å². The molecular weight excluding hydrogens is 358 g/mol. The molecule has 0 fully saturated rings. The molecular formula is C21H25N3O4. The van der Waals surface area contributed by atoms with E-state index in [-0.39, 0.29) is 31.1 Å². The summed E-state index contributed by atoms with van der Waals surface area (Å²) in [5.41, 5.74) is 1.74. The highest BCUT2D eigenvalue weighted by Gasteiger charge is 2.20. The largest absolute Gasteiger partial charge is 0.468 e. The molecule has 2 aromatic rings. The van der Waals surface area contributed by atoms with Crippen LogP contribution in [0.1, 0.15) is 29.8 Å². The number of urea groups is 1. The second-order valence-corrected chi connectivity index (χ2v) is 6.56. The summed E-state index contributed by atoms with van der Waals surface area (Å²) in [6, 6.07) is 15.6. The molecule has 2 rings (SSSR count). The average Bonchev–Trinajstić information content (AvgIpc) is 2.67. The number of anilines is 1. The molecule has 0 aliphatic rings. The number of esters is 1. The summed E-state index contributed by atoms with van der Waals surface area (Å²) in [5.74, 6) is -0.836. The molecule has 7 nitrogen and oxygen atoms in total. The van der Waals surface area contributed by atoms with Crippen LogP contribution in [0.15, 0.2) is 54.6 Å². The van der Waals surface area contributed by atoms with Gasteiger partial charge in [-0.15, -0.1) is 0 Å². The number of nitrogens with one attached hydrogen (secondary N) is 2. The molecule has 0 saturated carbocycles. The van der Waals surface area contributed by atoms with Crippen LogP contribution >= 0.6 is 0 Å². The number of hydrogen-bond acceptors (Lipinski definition) is 4. The highest BCUT2D eigenvalue weighted by Crippen LogP contribution is 2.15. The first kappa shape index (κ1) is 21.0. The zero-order valence-corrected chi connectivity index (χ0v) is 16.3. The Morgan fingerprint density at radius 2 is 1.75 bits per heavy atom. The van der Waals surface area contributed by atoms with Gasteiger partial charge in [0, 0.05) is 23.8 Å². The number of carbonyl (C=O) groups is 3. The quantitative estimate of drug-likeness (QED) is 0.720. The number of nitrogens with zero attached hydrogens (tertiary/aromatic N) is 1. The standard InChI is InChI=1S/C21H25N3O4/c1-15(2)22-21(27)23-18-11-7-10-17(12-18)20(26)24(14-19(25)28-3)13-16-8-5-4-6-9-16/h4-12,15H,13-14H2,1-3H3,(H2,22,23,27). The number of ether oxygens (including phenoxy) is 1. The van der Waals surface area contributed by atoms with Crippen LogP contribution in [0.2, 0.25) is 0 Å². The van der Waals surface area contributed by atoms with Crippen molar-refractivity contribution in [2.75, 3.05) is 19.0 Å². The lowest BCUT2D eigenvalue weighted by molar-refractivity contribution is -0.141. The Hall–Kier alpha value is -3.35. The fraction of sp³-hybridized carbons (Fsp3) is 0.286. The van der Waals surface area contributed by atoms with Gasteiger partial charge in [0.1, 0.15) is 6.54 Å². The Bertz CT molecular complexity index is 821. The minimum absolute atomic E-state index is 0.00812. The van der Waals surface area contributed by atoms with Gasteiger partial charge in [-0.05, 0) is 37.6 Å². The summed E-state index contributed by atoms with van der Waals surface area (Å²) in [4.78, 5) is 38.1. The molecule has 0 atom stereocenters. The van der Waals surface area contributed by atoms with Gasteiger partial charge in [0.2, 0.25) is 0 Å². The summed E-state index contributed by atoms with van der Waals surface area (Å²) >= 11 is 0. The van der Waals surface area contributed by atoms with Gasteiger partial charge in [-0.3, -0.25) is 9.59 Å². The summed E-state index contributed by atoms with van der Waals surface area (Å²) in [7, 11) is 1.28. The van der Waals surface area contributed by atoms with Crippen LogP contribution in [0.5, 0.6) is 0 Å². The van der Waals surface area contributed by atoms with E-state index in [4.69, 9.17) is 4.74 Å². The zero-order valence-electron chi connectivity index (χ0n) is 16.3. The van der Waals surface area contributed by atoms with E-state index in [0.29, 0.717) is 11.3 Å². The van der Waals surface area contributed by atoms with Crippen LogP contribution < -0.4 is 10.6 Å². The maximum atomic E-state index is 13.0. The third-order valence-electron chi connectivity index (χ3n) is 3.84. The number of rotatable bonds is 7. The molecule has 0 unspecified atom stereocenters. The van der Waals surface area contributed by atoms with Gasteiger partial charge in [-0.1, -0.05) is 36.4 Å². The Kier molecular flexibility index (Phi) is 7.56. The Morgan fingerprint density at radius 3 is 2.39 bits per heavy atom. The second-order valence-electron chi connectivity index (χ2n) is 6.56. The molecule has 2 N–H and O–H groups in total. The molecule has 0 radical (unpaired) electrons. The predicted octanol–water partition coefficient (Wildman–Crippen LogP) is 3.03. The molecule has 0 bridgehead atoms. The summed E-state index contributed by atoms with van der Waals surface area (Å²) in [6.45, 7) is 3.80. The van der Waals surface area contributed by atoms with Gasteiger partial charge >= 0.3 is 12.0 Å². The minimum Gasteiger partial charge on any atom is -0.468 e. The van der Waals surface area contributed by atoms with E-state index < -0.39 is 5.97 Å². The third-order valence-corrected chi connectivity index (χ3v) is 3.84. The van der Waals surface area contributed by atoms with Gasteiger partial charge in [-0.2, -0.15) is 0 Å². The molecule has 0 aliphatic heterocycles. The van der Waals surface area contributed by atoms with Crippen molar-refractivity contribution in [1.82, 2.24) is 10.2 Å². The Balaban J connectivity index is 2.19. The zero-order chi connectivity index (χ0) is 20.5. The van der Waals surface area contributed by atoms with Crippen LogP contribution in [0.3, 0.4) is 0 Å². The van der Waals surface area contributed by atoms with Crippen LogP contribution in [-0.4, -0.2) is 42.5 Å². The van der Waals surface area contributed by atoms with E-state index in [1.165, 1.54) is 12.0 Å². The molecule has 0 aromatic heterocycles. The molecule has 0 heterocycles. The van der Waals surface area contributed by atoms with Crippen molar-refractivity contribution in [2.24, 2.45) is 0 Å². The molecule has 28 heavy (non-hydrogen) atoms. The van der Waals surface area contributed by atoms with Crippen molar-refractivity contribution < 1.29 is 19.1 Å². The predicted molar refractivity (Wildman–Crippen MR) is 107 cm³/mol. The molecule has 7 heteroatoms. The van der Waals surface area contributed by atoms with Crippen molar-refractivity contribution in [3.05, 3.63) is 65.7 Å². The van der Waals surface area contributed by atoms with Crippen molar-refractivity contribution in [3.63, 3.8) is 0 Å². The number of amides is 3. The third kappa shape index (κ3) is 6.42. The van der Waals surface area contributed by atoms with Crippen LogP contribution in [0, 0.1) is 0 Å². The average molecular weight is 383 g/mol. The first-order valence-electron chi connectivity index (χ1n) is 8.96. The summed E-state index contributed by atoms with van der Waals surface area (Å²) in [6.07, 6.45) is 0. The highest BCUT2D eigenvalue weighted by molar-refractivity contribution is 5.98. The van der Waals surface area contributed by atoms with E-state index >= 15 is 0 Å². The number of hydrogen-bond donors (Lipinski definition) is 2. The molecule has 148 valence electrons. The highest BCUT2D eigenvalue weighted by atomic mass is 16.5. The topological polar surface area (TPSA) is 87.7 Å². The second kappa shape index (κ2) is 10.1. The van der Waals surface area contributed by atoms with Gasteiger partial charge in [0.25, 0.3) is 5.91 Å². The van der Waals surface area contributed by atoms with Crippen molar-refractivity contribution in [3.8, 4) is 0 Å². The maximum Gasteiger partial charge on any atom is 0.325 e. The Morgan fingerprint density at radius 1 is 1.04 bits per heavy atom. The fourth-order valence-electron chi connectivity index (χ4n) is 2.57. The molecule has 0 aliphatic carbocycles. The van der Waals surface area contributed by atoms with E-state index in [9.17, 15) is 14.4 Å². The lowest BCUT2D eigenvalue weighted by Crippen LogP contribution is -2.36. The van der Waals surface area contributed by atoms with Crippen molar-refractivity contribution >= 4 is 23.6 Å².